The largest absolute Gasteiger partial charge is 0.377 e. The molecule has 1 aromatic rings. The normalized spacial score (nSPS) is 25.8. The van der Waals surface area contributed by atoms with E-state index in [0.717, 1.165) is 31.7 Å². The third-order valence-electron chi connectivity index (χ3n) is 3.14. The van der Waals surface area contributed by atoms with E-state index in [1.54, 1.807) is 13.3 Å². The Morgan fingerprint density at radius 1 is 1.56 bits per heavy atom. The summed E-state index contributed by atoms with van der Waals surface area (Å²) < 4.78 is 5.54. The second kappa shape index (κ2) is 4.25. The van der Waals surface area contributed by atoms with Crippen molar-refractivity contribution < 1.29 is 4.74 Å². The Kier molecular flexibility index (Phi) is 2.96. The molecule has 0 aliphatic carbocycles. The molecule has 1 aliphatic rings. The van der Waals surface area contributed by atoms with E-state index in [4.69, 9.17) is 10.5 Å². The van der Waals surface area contributed by atoms with Crippen LogP contribution in [0.15, 0.2) is 12.3 Å². The maximum absolute atomic E-state index is 5.59. The SMILES string of the molecule is COC1(C)CCCN(c2ccnc(N)n2)C1. The number of anilines is 2. The van der Waals surface area contributed by atoms with Gasteiger partial charge in [0.2, 0.25) is 5.95 Å². The van der Waals surface area contributed by atoms with E-state index in [1.165, 1.54) is 0 Å². The van der Waals surface area contributed by atoms with E-state index in [-0.39, 0.29) is 5.60 Å². The highest BCUT2D eigenvalue weighted by Crippen LogP contribution is 2.26. The number of hydrogen-bond donors (Lipinski definition) is 1. The highest BCUT2D eigenvalue weighted by atomic mass is 16.5. The van der Waals surface area contributed by atoms with E-state index < -0.39 is 0 Å². The zero-order valence-electron chi connectivity index (χ0n) is 9.81. The Morgan fingerprint density at radius 2 is 2.38 bits per heavy atom. The lowest BCUT2D eigenvalue weighted by atomic mass is 9.95. The summed E-state index contributed by atoms with van der Waals surface area (Å²) >= 11 is 0. The molecule has 16 heavy (non-hydrogen) atoms. The van der Waals surface area contributed by atoms with Gasteiger partial charge >= 0.3 is 0 Å². The molecule has 2 N–H and O–H groups in total. The smallest absolute Gasteiger partial charge is 0.221 e. The first-order valence-corrected chi connectivity index (χ1v) is 5.52. The first-order chi connectivity index (χ1) is 7.63. The second-order valence-corrected chi connectivity index (χ2v) is 4.45. The Labute approximate surface area is 95.6 Å². The molecule has 0 amide bonds. The molecule has 5 nitrogen and oxygen atoms in total. The Balaban J connectivity index is 2.16. The van der Waals surface area contributed by atoms with Crippen molar-refractivity contribution in [2.75, 3.05) is 30.8 Å². The maximum atomic E-state index is 5.59. The fourth-order valence-corrected chi connectivity index (χ4v) is 2.11. The van der Waals surface area contributed by atoms with Crippen LogP contribution < -0.4 is 10.6 Å². The summed E-state index contributed by atoms with van der Waals surface area (Å²) in [5.41, 5.74) is 5.50. The van der Waals surface area contributed by atoms with Crippen LogP contribution in [0, 0.1) is 0 Å². The quantitative estimate of drug-likeness (QED) is 0.810. The molecule has 88 valence electrons. The molecule has 5 heteroatoms. The monoisotopic (exact) mass is 222 g/mol. The van der Waals surface area contributed by atoms with Gasteiger partial charge in [-0.2, -0.15) is 4.98 Å². The molecule has 2 heterocycles. The van der Waals surface area contributed by atoms with E-state index in [2.05, 4.69) is 21.8 Å². The zero-order chi connectivity index (χ0) is 11.6. The lowest BCUT2D eigenvalue weighted by molar-refractivity contribution is -0.00481. The Hall–Kier alpha value is -1.36. The Morgan fingerprint density at radius 3 is 3.06 bits per heavy atom. The Bertz CT molecular complexity index is 371. The van der Waals surface area contributed by atoms with Gasteiger partial charge in [-0.05, 0) is 25.8 Å². The fraction of sp³-hybridized carbons (Fsp3) is 0.636. The van der Waals surface area contributed by atoms with Gasteiger partial charge < -0.3 is 15.4 Å². The van der Waals surface area contributed by atoms with E-state index in [1.807, 2.05) is 6.07 Å². The number of aromatic nitrogens is 2. The third kappa shape index (κ3) is 2.24. The number of rotatable bonds is 2. The number of piperidine rings is 1. The van der Waals surface area contributed by atoms with Crippen molar-refractivity contribution >= 4 is 11.8 Å². The van der Waals surface area contributed by atoms with Crippen LogP contribution in [0.2, 0.25) is 0 Å². The predicted octanol–water partition coefficient (Wildman–Crippen LogP) is 1.06. The van der Waals surface area contributed by atoms with E-state index in [9.17, 15) is 0 Å². The second-order valence-electron chi connectivity index (χ2n) is 4.45. The van der Waals surface area contributed by atoms with Crippen molar-refractivity contribution in [3.05, 3.63) is 12.3 Å². The van der Waals surface area contributed by atoms with Gasteiger partial charge in [-0.1, -0.05) is 0 Å². The molecule has 1 unspecified atom stereocenters. The van der Waals surface area contributed by atoms with Crippen LogP contribution in [-0.2, 0) is 4.74 Å². The number of nitrogens with zero attached hydrogens (tertiary/aromatic N) is 3. The van der Waals surface area contributed by atoms with Gasteiger partial charge in [0.15, 0.2) is 0 Å². The average Bonchev–Trinajstić information content (AvgIpc) is 2.29. The summed E-state index contributed by atoms with van der Waals surface area (Å²) in [4.78, 5) is 10.3. The van der Waals surface area contributed by atoms with Crippen molar-refractivity contribution in [3.63, 3.8) is 0 Å². The maximum Gasteiger partial charge on any atom is 0.221 e. The molecule has 0 radical (unpaired) electrons. The highest BCUT2D eigenvalue weighted by Gasteiger charge is 2.31. The number of hydrogen-bond acceptors (Lipinski definition) is 5. The molecule has 2 rings (SSSR count). The van der Waals surface area contributed by atoms with Crippen molar-refractivity contribution in [2.24, 2.45) is 0 Å². The molecule has 1 fully saturated rings. The number of ether oxygens (including phenoxy) is 1. The van der Waals surface area contributed by atoms with Crippen molar-refractivity contribution in [1.29, 1.82) is 0 Å². The van der Waals surface area contributed by atoms with Crippen LogP contribution >= 0.6 is 0 Å². The minimum atomic E-state index is -0.0854. The molecule has 0 spiro atoms. The summed E-state index contributed by atoms with van der Waals surface area (Å²) in [5, 5.41) is 0. The highest BCUT2D eigenvalue weighted by molar-refractivity contribution is 5.41. The minimum Gasteiger partial charge on any atom is -0.377 e. The van der Waals surface area contributed by atoms with Crippen molar-refractivity contribution in [3.8, 4) is 0 Å². The average molecular weight is 222 g/mol. The van der Waals surface area contributed by atoms with E-state index in [0.29, 0.717) is 5.95 Å². The molecule has 1 aromatic heterocycles. The molecular weight excluding hydrogens is 204 g/mol. The molecule has 1 atom stereocenters. The van der Waals surface area contributed by atoms with Crippen LogP contribution in [0.5, 0.6) is 0 Å². The predicted molar refractivity (Wildman–Crippen MR) is 63.3 cm³/mol. The lowest BCUT2D eigenvalue weighted by Gasteiger charge is -2.40. The van der Waals surface area contributed by atoms with Crippen molar-refractivity contribution in [2.45, 2.75) is 25.4 Å². The lowest BCUT2D eigenvalue weighted by Crippen LogP contribution is -2.47. The molecular formula is C11H18N4O. The zero-order valence-corrected chi connectivity index (χ0v) is 9.81. The third-order valence-corrected chi connectivity index (χ3v) is 3.14. The van der Waals surface area contributed by atoms with Gasteiger partial charge in [-0.3, -0.25) is 0 Å². The van der Waals surface area contributed by atoms with Gasteiger partial charge in [0.25, 0.3) is 0 Å². The topological polar surface area (TPSA) is 64.3 Å². The van der Waals surface area contributed by atoms with Crippen LogP contribution in [-0.4, -0.2) is 35.8 Å². The molecule has 0 saturated carbocycles. The van der Waals surface area contributed by atoms with Gasteiger partial charge in [-0.25, -0.2) is 4.98 Å². The molecule has 0 bridgehead atoms. The molecule has 1 aliphatic heterocycles. The van der Waals surface area contributed by atoms with Gasteiger partial charge in [0.05, 0.1) is 5.60 Å². The van der Waals surface area contributed by atoms with Gasteiger partial charge in [-0.15, -0.1) is 0 Å². The molecule has 1 saturated heterocycles. The summed E-state index contributed by atoms with van der Waals surface area (Å²) in [5.74, 6) is 1.21. The number of nitrogens with two attached hydrogens (primary N) is 1. The summed E-state index contributed by atoms with van der Waals surface area (Å²) in [6.45, 7) is 3.97. The van der Waals surface area contributed by atoms with Crippen LogP contribution in [0.1, 0.15) is 19.8 Å². The van der Waals surface area contributed by atoms with E-state index >= 15 is 0 Å². The fourth-order valence-electron chi connectivity index (χ4n) is 2.11. The van der Waals surface area contributed by atoms with Gasteiger partial charge in [0.1, 0.15) is 5.82 Å². The minimum absolute atomic E-state index is 0.0854. The first-order valence-electron chi connectivity index (χ1n) is 5.52. The summed E-state index contributed by atoms with van der Waals surface area (Å²) in [6.07, 6.45) is 3.88. The van der Waals surface area contributed by atoms with Crippen LogP contribution in [0.25, 0.3) is 0 Å². The summed E-state index contributed by atoms with van der Waals surface area (Å²) in [6, 6.07) is 1.89. The first kappa shape index (κ1) is 11.1. The summed E-state index contributed by atoms with van der Waals surface area (Å²) in [7, 11) is 1.76. The van der Waals surface area contributed by atoms with Crippen LogP contribution in [0.3, 0.4) is 0 Å². The van der Waals surface area contributed by atoms with Gasteiger partial charge in [0, 0.05) is 26.4 Å². The van der Waals surface area contributed by atoms with Crippen LogP contribution in [0.4, 0.5) is 11.8 Å². The molecule has 0 aromatic carbocycles. The number of methoxy groups -OCH3 is 1. The van der Waals surface area contributed by atoms with Crippen molar-refractivity contribution in [1.82, 2.24) is 9.97 Å². The number of nitrogen functional groups attached to an aromatic ring is 1. The standard InChI is InChI=1S/C11H18N4O/c1-11(16-2)5-3-7-15(8-11)9-4-6-13-10(12)14-9/h4,6H,3,5,7-8H2,1-2H3,(H2,12,13,14).